The van der Waals surface area contributed by atoms with Crippen molar-refractivity contribution in [3.63, 3.8) is 0 Å². The fourth-order valence-corrected chi connectivity index (χ4v) is 2.89. The highest BCUT2D eigenvalue weighted by Crippen LogP contribution is 2.19. The first-order valence-electron chi connectivity index (χ1n) is 7.48. The van der Waals surface area contributed by atoms with Gasteiger partial charge in [0.05, 0.1) is 12.3 Å². The van der Waals surface area contributed by atoms with E-state index in [0.29, 0.717) is 0 Å². The second-order valence-corrected chi connectivity index (χ2v) is 5.73. The van der Waals surface area contributed by atoms with Gasteiger partial charge in [0.1, 0.15) is 6.54 Å². The number of carbonyl (C=O) groups is 2. The molecule has 2 saturated heterocycles. The van der Waals surface area contributed by atoms with Crippen LogP contribution in [0.25, 0.3) is 0 Å². The van der Waals surface area contributed by atoms with Crippen molar-refractivity contribution in [1.82, 2.24) is 14.9 Å². The monoisotopic (exact) mass is 304 g/mol. The molecule has 2 aliphatic heterocycles. The molecule has 3 heterocycles. The van der Waals surface area contributed by atoms with E-state index in [9.17, 15) is 9.59 Å². The van der Waals surface area contributed by atoms with Gasteiger partial charge in [-0.2, -0.15) is 5.10 Å². The lowest BCUT2D eigenvalue weighted by Gasteiger charge is -2.14. The van der Waals surface area contributed by atoms with Crippen molar-refractivity contribution in [2.24, 2.45) is 5.10 Å². The lowest BCUT2D eigenvalue weighted by Crippen LogP contribution is -2.24. The van der Waals surface area contributed by atoms with Gasteiger partial charge in [-0.3, -0.25) is 10.1 Å². The Hall–Kier alpha value is -2.15. The van der Waals surface area contributed by atoms with Gasteiger partial charge in [-0.1, -0.05) is 0 Å². The molecule has 22 heavy (non-hydrogen) atoms. The first-order chi connectivity index (χ1) is 10.5. The normalized spacial score (nSPS) is 22.1. The standard InChI is InChI=1S/C15H20N4O3/c1-10-6-12(7-16-19-9-14(20)17-15(19)21)11(2)18(10)8-13-4-3-5-22-13/h6-7,13H,3-5,8-9H2,1-2H3,(H,17,20,21)/b16-7-/t13-/m1/s1. The summed E-state index contributed by atoms with van der Waals surface area (Å²) in [6.45, 7) is 5.73. The Morgan fingerprint density at radius 3 is 2.91 bits per heavy atom. The zero-order valence-electron chi connectivity index (χ0n) is 12.8. The smallest absolute Gasteiger partial charge is 0.344 e. The van der Waals surface area contributed by atoms with Gasteiger partial charge < -0.3 is 9.30 Å². The van der Waals surface area contributed by atoms with Gasteiger partial charge in [0.15, 0.2) is 0 Å². The Labute approximate surface area is 128 Å². The molecule has 0 aliphatic carbocycles. The number of carbonyl (C=O) groups excluding carboxylic acids is 2. The predicted octanol–water partition coefficient (Wildman–Crippen LogP) is 1.17. The average molecular weight is 304 g/mol. The van der Waals surface area contributed by atoms with E-state index in [-0.39, 0.29) is 18.6 Å². The maximum Gasteiger partial charge on any atom is 0.344 e. The Bertz CT molecular complexity index is 629. The molecule has 1 aromatic rings. The fraction of sp³-hybridized carbons (Fsp3) is 0.533. The maximum absolute atomic E-state index is 11.5. The molecule has 118 valence electrons. The number of amides is 3. The third-order valence-corrected chi connectivity index (χ3v) is 4.13. The van der Waals surface area contributed by atoms with Crippen LogP contribution >= 0.6 is 0 Å². The Morgan fingerprint density at radius 2 is 2.27 bits per heavy atom. The quantitative estimate of drug-likeness (QED) is 0.670. The van der Waals surface area contributed by atoms with Gasteiger partial charge in [-0.15, -0.1) is 0 Å². The van der Waals surface area contributed by atoms with Crippen molar-refractivity contribution in [2.75, 3.05) is 13.2 Å². The summed E-state index contributed by atoms with van der Waals surface area (Å²) in [5.41, 5.74) is 3.17. The zero-order valence-corrected chi connectivity index (χ0v) is 12.8. The first-order valence-corrected chi connectivity index (χ1v) is 7.48. The molecule has 0 radical (unpaired) electrons. The molecule has 3 rings (SSSR count). The molecule has 0 saturated carbocycles. The van der Waals surface area contributed by atoms with Crippen LogP contribution in [0.4, 0.5) is 4.79 Å². The summed E-state index contributed by atoms with van der Waals surface area (Å²) >= 11 is 0. The molecule has 0 aromatic carbocycles. The number of rotatable bonds is 4. The van der Waals surface area contributed by atoms with Gasteiger partial charge in [-0.05, 0) is 32.8 Å². The number of aromatic nitrogens is 1. The number of ether oxygens (including phenoxy) is 1. The molecule has 7 heteroatoms. The maximum atomic E-state index is 11.5. The summed E-state index contributed by atoms with van der Waals surface area (Å²) in [6.07, 6.45) is 4.12. The third kappa shape index (κ3) is 2.89. The number of nitrogens with one attached hydrogen (secondary N) is 1. The van der Waals surface area contributed by atoms with Gasteiger partial charge >= 0.3 is 6.03 Å². The molecule has 1 aromatic heterocycles. The number of hydrogen-bond donors (Lipinski definition) is 1. The molecule has 2 aliphatic rings. The molecule has 0 unspecified atom stereocenters. The minimum Gasteiger partial charge on any atom is -0.376 e. The topological polar surface area (TPSA) is 75.9 Å². The molecular formula is C15H20N4O3. The van der Waals surface area contributed by atoms with Crippen LogP contribution in [-0.2, 0) is 16.1 Å². The van der Waals surface area contributed by atoms with Gasteiger partial charge in [0, 0.05) is 30.1 Å². The molecule has 2 fully saturated rings. The van der Waals surface area contributed by atoms with Crippen LogP contribution in [0, 0.1) is 13.8 Å². The van der Waals surface area contributed by atoms with Crippen molar-refractivity contribution >= 4 is 18.2 Å². The van der Waals surface area contributed by atoms with Crippen molar-refractivity contribution in [2.45, 2.75) is 39.3 Å². The fourth-order valence-electron chi connectivity index (χ4n) is 2.89. The number of urea groups is 1. The van der Waals surface area contributed by atoms with Crippen LogP contribution in [-0.4, -0.2) is 47.0 Å². The van der Waals surface area contributed by atoms with Crippen molar-refractivity contribution in [3.8, 4) is 0 Å². The summed E-state index contributed by atoms with van der Waals surface area (Å²) in [7, 11) is 0. The van der Waals surface area contributed by atoms with E-state index >= 15 is 0 Å². The van der Waals surface area contributed by atoms with Gasteiger partial charge in [0.2, 0.25) is 5.91 Å². The molecule has 1 atom stereocenters. The van der Waals surface area contributed by atoms with Crippen molar-refractivity contribution in [3.05, 3.63) is 23.0 Å². The lowest BCUT2D eigenvalue weighted by atomic mass is 10.2. The van der Waals surface area contributed by atoms with Crippen LogP contribution < -0.4 is 5.32 Å². The second kappa shape index (κ2) is 5.92. The molecule has 0 bridgehead atoms. The highest BCUT2D eigenvalue weighted by atomic mass is 16.5. The Balaban J connectivity index is 1.74. The number of nitrogens with zero attached hydrogens (tertiary/aromatic N) is 3. The lowest BCUT2D eigenvalue weighted by molar-refractivity contribution is -0.118. The Morgan fingerprint density at radius 1 is 1.45 bits per heavy atom. The number of hydrazone groups is 1. The van der Waals surface area contributed by atoms with Crippen molar-refractivity contribution in [1.29, 1.82) is 0 Å². The zero-order chi connectivity index (χ0) is 15.7. The van der Waals surface area contributed by atoms with E-state index < -0.39 is 6.03 Å². The molecule has 3 amide bonds. The number of aryl methyl sites for hydroxylation is 1. The van der Waals surface area contributed by atoms with Gasteiger partial charge in [-0.25, -0.2) is 9.80 Å². The summed E-state index contributed by atoms with van der Waals surface area (Å²) in [4.78, 5) is 22.6. The largest absolute Gasteiger partial charge is 0.376 e. The molecule has 7 nitrogen and oxygen atoms in total. The number of hydrogen-bond acceptors (Lipinski definition) is 4. The van der Waals surface area contributed by atoms with E-state index in [4.69, 9.17) is 4.74 Å². The second-order valence-electron chi connectivity index (χ2n) is 5.73. The Kier molecular flexibility index (Phi) is 3.98. The average Bonchev–Trinajstić information content (AvgIpc) is 3.14. The molecular weight excluding hydrogens is 284 g/mol. The van der Waals surface area contributed by atoms with Crippen LogP contribution in [0.3, 0.4) is 0 Å². The summed E-state index contributed by atoms with van der Waals surface area (Å²) in [5, 5.41) is 7.43. The van der Waals surface area contributed by atoms with Crippen LogP contribution in [0.15, 0.2) is 11.2 Å². The van der Waals surface area contributed by atoms with E-state index in [2.05, 4.69) is 15.0 Å². The predicted molar refractivity (Wildman–Crippen MR) is 80.7 cm³/mol. The summed E-state index contributed by atoms with van der Waals surface area (Å²) < 4.78 is 7.90. The van der Waals surface area contributed by atoms with E-state index in [1.54, 1.807) is 6.21 Å². The summed E-state index contributed by atoms with van der Waals surface area (Å²) in [6, 6.07) is 1.55. The van der Waals surface area contributed by atoms with Crippen molar-refractivity contribution < 1.29 is 14.3 Å². The van der Waals surface area contributed by atoms with E-state index in [1.807, 2.05) is 19.9 Å². The minimum atomic E-state index is -0.477. The van der Waals surface area contributed by atoms with Crippen LogP contribution in [0.5, 0.6) is 0 Å². The van der Waals surface area contributed by atoms with Gasteiger partial charge in [0.25, 0.3) is 0 Å². The van der Waals surface area contributed by atoms with E-state index in [0.717, 1.165) is 48.0 Å². The SMILES string of the molecule is Cc1cc(/C=N\N2CC(=O)NC2=O)c(C)n1C[C@H]1CCCO1. The minimum absolute atomic E-state index is 0.0238. The first kappa shape index (κ1) is 14.8. The highest BCUT2D eigenvalue weighted by Gasteiger charge is 2.26. The molecule has 0 spiro atoms. The summed E-state index contributed by atoms with van der Waals surface area (Å²) in [5.74, 6) is -0.328. The highest BCUT2D eigenvalue weighted by molar-refractivity contribution is 6.02. The van der Waals surface area contributed by atoms with Crippen LogP contribution in [0.2, 0.25) is 0 Å². The van der Waals surface area contributed by atoms with Crippen LogP contribution in [0.1, 0.15) is 29.8 Å². The third-order valence-electron chi connectivity index (χ3n) is 4.13. The molecule has 1 N–H and O–H groups in total. The number of imide groups is 1. The van der Waals surface area contributed by atoms with E-state index in [1.165, 1.54) is 0 Å².